The van der Waals surface area contributed by atoms with E-state index in [0.717, 1.165) is 43.1 Å². The highest BCUT2D eigenvalue weighted by Gasteiger charge is 2.38. The number of carbonyl (C=O) groups excluding carboxylic acids is 1. The number of alkyl halides is 3. The highest BCUT2D eigenvalue weighted by molar-refractivity contribution is 6.18. The molecule has 1 aromatic rings. The van der Waals surface area contributed by atoms with Gasteiger partial charge in [-0.1, -0.05) is 6.58 Å². The Labute approximate surface area is 155 Å². The first kappa shape index (κ1) is 17.9. The third kappa shape index (κ3) is 3.09. The van der Waals surface area contributed by atoms with Gasteiger partial charge in [0.25, 0.3) is 0 Å². The van der Waals surface area contributed by atoms with Crippen LogP contribution in [0.1, 0.15) is 36.3 Å². The maximum Gasteiger partial charge on any atom is 0.416 e. The molecule has 1 fully saturated rings. The summed E-state index contributed by atoms with van der Waals surface area (Å²) in [7, 11) is 0. The molecule has 0 bridgehead atoms. The minimum Gasteiger partial charge on any atom is -0.394 e. The van der Waals surface area contributed by atoms with E-state index in [1.165, 1.54) is 6.07 Å². The lowest BCUT2D eigenvalue weighted by Crippen LogP contribution is -2.39. The van der Waals surface area contributed by atoms with Gasteiger partial charge >= 0.3 is 6.18 Å². The van der Waals surface area contributed by atoms with Crippen LogP contribution in [0.3, 0.4) is 0 Å². The van der Waals surface area contributed by atoms with Crippen LogP contribution < -0.4 is 16.4 Å². The molecule has 0 radical (unpaired) electrons. The van der Waals surface area contributed by atoms with Crippen molar-refractivity contribution in [2.75, 3.05) is 18.4 Å². The number of Topliss-reactive ketones (excluding diaryl/α,β-unsaturated/α-hetero) is 1. The lowest BCUT2D eigenvalue weighted by Gasteiger charge is -2.41. The molecule has 3 atom stereocenters. The molecular weight excluding hydrogens is 355 g/mol. The largest absolute Gasteiger partial charge is 0.416 e. The molecule has 0 amide bonds. The zero-order valence-corrected chi connectivity index (χ0v) is 14.8. The van der Waals surface area contributed by atoms with E-state index in [-0.39, 0.29) is 17.4 Å². The normalized spacial score (nSPS) is 27.4. The van der Waals surface area contributed by atoms with E-state index in [2.05, 4.69) is 17.2 Å². The number of nitrogens with one attached hydrogen (secondary N) is 2. The Balaban J connectivity index is 1.50. The average Bonchev–Trinajstić information content (AvgIpc) is 2.66. The van der Waals surface area contributed by atoms with Crippen molar-refractivity contribution in [3.05, 3.63) is 52.9 Å². The third-order valence-electron chi connectivity index (χ3n) is 6.09. The summed E-state index contributed by atoms with van der Waals surface area (Å²) in [5, 5.41) is 6.50. The monoisotopic (exact) mass is 377 g/mol. The highest BCUT2D eigenvalue weighted by Crippen LogP contribution is 2.47. The van der Waals surface area contributed by atoms with Gasteiger partial charge in [-0.25, -0.2) is 0 Å². The minimum absolute atomic E-state index is 0.113. The van der Waals surface area contributed by atoms with Gasteiger partial charge in [-0.05, 0) is 60.8 Å². The SMILES string of the molecule is C=C1C(=O)C(N)=C1NCC1CCC2CNc3ccc(C(F)(F)F)cc3C2C1. The number of carbonyl (C=O) groups is 1. The molecule has 27 heavy (non-hydrogen) atoms. The lowest BCUT2D eigenvalue weighted by atomic mass is 9.69. The highest BCUT2D eigenvalue weighted by atomic mass is 19.4. The van der Waals surface area contributed by atoms with Gasteiger partial charge in [0.15, 0.2) is 0 Å². The van der Waals surface area contributed by atoms with E-state index >= 15 is 0 Å². The smallest absolute Gasteiger partial charge is 0.394 e. The molecule has 3 unspecified atom stereocenters. The molecule has 0 saturated heterocycles. The first-order valence-corrected chi connectivity index (χ1v) is 9.18. The van der Waals surface area contributed by atoms with Crippen LogP contribution in [0.5, 0.6) is 0 Å². The molecule has 144 valence electrons. The van der Waals surface area contributed by atoms with Gasteiger partial charge < -0.3 is 16.4 Å². The summed E-state index contributed by atoms with van der Waals surface area (Å²) in [6.45, 7) is 5.14. The number of ketones is 1. The number of anilines is 1. The van der Waals surface area contributed by atoms with E-state index in [1.54, 1.807) is 6.07 Å². The Bertz CT molecular complexity index is 843. The lowest BCUT2D eigenvalue weighted by molar-refractivity contribution is -0.137. The van der Waals surface area contributed by atoms with Crippen LogP contribution in [0, 0.1) is 11.8 Å². The maximum absolute atomic E-state index is 13.1. The first-order valence-electron chi connectivity index (χ1n) is 9.18. The second-order valence-corrected chi connectivity index (χ2v) is 7.70. The van der Waals surface area contributed by atoms with E-state index in [9.17, 15) is 18.0 Å². The zero-order valence-electron chi connectivity index (χ0n) is 14.8. The molecule has 7 heteroatoms. The number of fused-ring (bicyclic) bond motifs is 3. The van der Waals surface area contributed by atoms with Gasteiger partial charge in [0.2, 0.25) is 5.78 Å². The first-order chi connectivity index (χ1) is 12.8. The van der Waals surface area contributed by atoms with Gasteiger partial charge in [0, 0.05) is 24.4 Å². The summed E-state index contributed by atoms with van der Waals surface area (Å²) in [6.07, 6.45) is -1.55. The Morgan fingerprint density at radius 3 is 2.78 bits per heavy atom. The van der Waals surface area contributed by atoms with Crippen molar-refractivity contribution in [2.24, 2.45) is 17.6 Å². The number of rotatable bonds is 3. The molecular formula is C20H22F3N3O. The number of benzene rings is 1. The third-order valence-corrected chi connectivity index (χ3v) is 6.09. The Hall–Kier alpha value is -2.44. The predicted octanol–water partition coefficient (Wildman–Crippen LogP) is 3.53. The molecule has 1 aliphatic heterocycles. The molecule has 2 aliphatic carbocycles. The second kappa shape index (κ2) is 6.32. The van der Waals surface area contributed by atoms with Crippen molar-refractivity contribution in [3.63, 3.8) is 0 Å². The molecule has 4 nitrogen and oxygen atoms in total. The van der Waals surface area contributed by atoms with Crippen LogP contribution in [-0.2, 0) is 11.0 Å². The van der Waals surface area contributed by atoms with Crippen LogP contribution in [0.4, 0.5) is 18.9 Å². The van der Waals surface area contributed by atoms with Gasteiger partial charge in [-0.2, -0.15) is 13.2 Å². The number of allylic oxidation sites excluding steroid dienone is 2. The second-order valence-electron chi connectivity index (χ2n) is 7.70. The van der Waals surface area contributed by atoms with Crippen molar-refractivity contribution in [1.82, 2.24) is 5.32 Å². The van der Waals surface area contributed by atoms with Gasteiger partial charge in [0.05, 0.1) is 11.3 Å². The van der Waals surface area contributed by atoms with Crippen LogP contribution >= 0.6 is 0 Å². The Morgan fingerprint density at radius 1 is 1.30 bits per heavy atom. The maximum atomic E-state index is 13.1. The molecule has 4 rings (SSSR count). The summed E-state index contributed by atoms with van der Waals surface area (Å²) in [5.41, 5.74) is 7.92. The number of hydrogen-bond donors (Lipinski definition) is 3. The van der Waals surface area contributed by atoms with Crippen molar-refractivity contribution in [1.29, 1.82) is 0 Å². The standard InChI is InChI=1S/C20H22F3N3O/c1-10-18(17(24)19(10)27)26-8-11-2-3-12-9-25-16-5-4-13(20(21,22)23)7-15(16)14(12)6-11/h4-5,7,11-12,14,25-26H,1-3,6,8-9,24H2. The number of nitrogens with two attached hydrogens (primary N) is 1. The van der Waals surface area contributed by atoms with E-state index in [1.807, 2.05) is 0 Å². The summed E-state index contributed by atoms with van der Waals surface area (Å²) in [6, 6.07) is 4.00. The fraction of sp³-hybridized carbons (Fsp3) is 0.450. The average molecular weight is 377 g/mol. The fourth-order valence-electron chi connectivity index (χ4n) is 4.52. The van der Waals surface area contributed by atoms with Crippen molar-refractivity contribution >= 4 is 11.5 Å². The summed E-state index contributed by atoms with van der Waals surface area (Å²) < 4.78 is 39.4. The fourth-order valence-corrected chi connectivity index (χ4v) is 4.52. The molecule has 1 saturated carbocycles. The Kier molecular flexibility index (Phi) is 4.20. The zero-order chi connectivity index (χ0) is 19.3. The summed E-state index contributed by atoms with van der Waals surface area (Å²) in [4.78, 5) is 11.4. The van der Waals surface area contributed by atoms with Gasteiger partial charge in [0.1, 0.15) is 5.70 Å². The quantitative estimate of drug-likeness (QED) is 0.705. The van der Waals surface area contributed by atoms with Crippen LogP contribution in [0.15, 0.2) is 41.7 Å². The number of halogens is 3. The van der Waals surface area contributed by atoms with E-state index in [4.69, 9.17) is 5.73 Å². The molecule has 1 aromatic carbocycles. The molecule has 3 aliphatic rings. The summed E-state index contributed by atoms with van der Waals surface area (Å²) in [5.74, 6) is 0.562. The topological polar surface area (TPSA) is 67.2 Å². The van der Waals surface area contributed by atoms with Gasteiger partial charge in [-0.3, -0.25) is 4.79 Å². The van der Waals surface area contributed by atoms with E-state index < -0.39 is 11.7 Å². The van der Waals surface area contributed by atoms with Crippen molar-refractivity contribution < 1.29 is 18.0 Å². The minimum atomic E-state index is -4.33. The molecule has 1 heterocycles. The predicted molar refractivity (Wildman–Crippen MR) is 96.9 cm³/mol. The summed E-state index contributed by atoms with van der Waals surface area (Å²) >= 11 is 0. The molecule has 4 N–H and O–H groups in total. The van der Waals surface area contributed by atoms with Crippen LogP contribution in [0.25, 0.3) is 0 Å². The number of hydrogen-bond acceptors (Lipinski definition) is 4. The van der Waals surface area contributed by atoms with Gasteiger partial charge in [-0.15, -0.1) is 0 Å². The van der Waals surface area contributed by atoms with Crippen LogP contribution in [0.2, 0.25) is 0 Å². The van der Waals surface area contributed by atoms with Crippen molar-refractivity contribution in [3.8, 4) is 0 Å². The Morgan fingerprint density at radius 2 is 2.07 bits per heavy atom. The molecule has 0 aromatic heterocycles. The van der Waals surface area contributed by atoms with Crippen LogP contribution in [-0.4, -0.2) is 18.9 Å². The van der Waals surface area contributed by atoms with E-state index in [0.29, 0.717) is 29.7 Å². The molecule has 0 spiro atoms. The van der Waals surface area contributed by atoms with Crippen molar-refractivity contribution in [2.45, 2.75) is 31.4 Å².